The minimum atomic E-state index is -0.199. The van der Waals surface area contributed by atoms with Crippen molar-refractivity contribution in [3.8, 4) is 11.1 Å². The van der Waals surface area contributed by atoms with Crippen molar-refractivity contribution in [2.75, 3.05) is 0 Å². The first-order valence-corrected chi connectivity index (χ1v) is 4.70. The van der Waals surface area contributed by atoms with E-state index in [0.29, 0.717) is 5.56 Å². The van der Waals surface area contributed by atoms with Crippen molar-refractivity contribution in [2.24, 2.45) is 0 Å². The lowest BCUT2D eigenvalue weighted by molar-refractivity contribution is 0.619. The topological polar surface area (TPSA) is 12.9 Å². The van der Waals surface area contributed by atoms with Gasteiger partial charge >= 0.3 is 0 Å². The lowest BCUT2D eigenvalue weighted by Gasteiger charge is -2.01. The first kappa shape index (κ1) is 9.67. The van der Waals surface area contributed by atoms with Gasteiger partial charge in [0.1, 0.15) is 5.82 Å². The summed E-state index contributed by atoms with van der Waals surface area (Å²) in [6.07, 6.45) is 2.66. The zero-order chi connectivity index (χ0) is 10.8. The van der Waals surface area contributed by atoms with E-state index >= 15 is 0 Å². The van der Waals surface area contributed by atoms with E-state index in [2.05, 4.69) is 17.2 Å². The molecule has 0 atom stereocenters. The number of rotatable bonds is 1. The molecule has 0 unspecified atom stereocenters. The minimum Gasteiger partial charge on any atom is -0.207 e. The fourth-order valence-corrected chi connectivity index (χ4v) is 1.37. The van der Waals surface area contributed by atoms with Gasteiger partial charge in [0.25, 0.3) is 0 Å². The number of aryl methyl sites for hydroxylation is 2. The van der Waals surface area contributed by atoms with Crippen molar-refractivity contribution < 1.29 is 4.39 Å². The molecule has 2 rings (SSSR count). The average Bonchev–Trinajstić information content (AvgIpc) is 2.22. The molecule has 15 heavy (non-hydrogen) atoms. The van der Waals surface area contributed by atoms with E-state index in [-0.39, 0.29) is 5.82 Å². The third-order valence-corrected chi connectivity index (χ3v) is 2.26. The van der Waals surface area contributed by atoms with Gasteiger partial charge in [-0.05, 0) is 43.2 Å². The minimum absolute atomic E-state index is 0.199. The molecule has 1 heterocycles. The summed E-state index contributed by atoms with van der Waals surface area (Å²) in [5.41, 5.74) is 3.12. The van der Waals surface area contributed by atoms with Gasteiger partial charge < -0.3 is 0 Å². The van der Waals surface area contributed by atoms with Crippen LogP contribution in [-0.4, -0.2) is 4.98 Å². The van der Waals surface area contributed by atoms with Crippen LogP contribution in [0.5, 0.6) is 0 Å². The molecule has 0 aliphatic rings. The summed E-state index contributed by atoms with van der Waals surface area (Å²) in [5.74, 6) is -0.199. The molecule has 0 aliphatic heterocycles. The summed E-state index contributed by atoms with van der Waals surface area (Å²) < 4.78 is 13.3. The van der Waals surface area contributed by atoms with E-state index in [0.717, 1.165) is 16.8 Å². The van der Waals surface area contributed by atoms with Crippen LogP contribution in [-0.2, 0) is 0 Å². The fraction of sp³-hybridized carbons (Fsp3) is 0.154. The Balaban J connectivity index is 2.50. The molecule has 0 radical (unpaired) electrons. The maximum atomic E-state index is 13.3. The summed E-state index contributed by atoms with van der Waals surface area (Å²) in [7, 11) is 0. The van der Waals surface area contributed by atoms with Crippen LogP contribution in [0.2, 0.25) is 0 Å². The van der Waals surface area contributed by atoms with E-state index in [9.17, 15) is 4.39 Å². The van der Waals surface area contributed by atoms with Crippen molar-refractivity contribution in [1.29, 1.82) is 0 Å². The molecule has 0 saturated carbocycles. The lowest BCUT2D eigenvalue weighted by Crippen LogP contribution is -1.85. The van der Waals surface area contributed by atoms with Gasteiger partial charge in [-0.15, -0.1) is 0 Å². The van der Waals surface area contributed by atoms with Crippen LogP contribution >= 0.6 is 0 Å². The molecular formula is C13H10FN. The van der Waals surface area contributed by atoms with Crippen LogP contribution in [0.4, 0.5) is 4.39 Å². The van der Waals surface area contributed by atoms with Crippen molar-refractivity contribution in [3.05, 3.63) is 53.6 Å². The molecule has 0 saturated heterocycles. The highest BCUT2D eigenvalue weighted by Gasteiger charge is 2.02. The summed E-state index contributed by atoms with van der Waals surface area (Å²) in [6, 6.07) is 9.87. The van der Waals surface area contributed by atoms with Gasteiger partial charge in [0.15, 0.2) is 0 Å². The summed E-state index contributed by atoms with van der Waals surface area (Å²) in [4.78, 5) is 3.93. The van der Waals surface area contributed by atoms with Crippen LogP contribution < -0.4 is 0 Å². The predicted octanol–water partition coefficient (Wildman–Crippen LogP) is 3.10. The maximum Gasteiger partial charge on any atom is 0.126 e. The molecule has 2 heteroatoms. The first-order valence-electron chi connectivity index (χ1n) is 4.70. The molecule has 0 spiro atoms. The van der Waals surface area contributed by atoms with Gasteiger partial charge in [-0.1, -0.05) is 12.1 Å². The molecular weight excluding hydrogens is 189 g/mol. The fourth-order valence-electron chi connectivity index (χ4n) is 1.37. The Labute approximate surface area is 88.6 Å². The number of aromatic nitrogens is 1. The van der Waals surface area contributed by atoms with Gasteiger partial charge in [0.2, 0.25) is 0 Å². The molecule has 1 nitrogen and oxygen atoms in total. The largest absolute Gasteiger partial charge is 0.207 e. The zero-order valence-corrected chi connectivity index (χ0v) is 8.63. The molecule has 0 N–H and O–H groups in total. The lowest BCUT2D eigenvalue weighted by atomic mass is 10.1. The number of nitrogens with zero attached hydrogens (tertiary/aromatic N) is 1. The maximum absolute atomic E-state index is 13.3. The van der Waals surface area contributed by atoms with Crippen molar-refractivity contribution >= 4 is 0 Å². The van der Waals surface area contributed by atoms with Crippen LogP contribution in [0.3, 0.4) is 0 Å². The summed E-state index contributed by atoms with van der Waals surface area (Å²) >= 11 is 0. The normalized spacial score (nSPS) is 9.80. The Bertz CT molecular complexity index is 492. The molecule has 1 aromatic heterocycles. The zero-order valence-electron chi connectivity index (χ0n) is 8.63. The Morgan fingerprint density at radius 3 is 2.67 bits per heavy atom. The third-order valence-electron chi connectivity index (χ3n) is 2.26. The SMILES string of the molecule is Cc1cc(-c2ccc(C)c(F)c2)c#cn1. The molecule has 0 amide bonds. The van der Waals surface area contributed by atoms with E-state index in [1.165, 1.54) is 6.07 Å². The van der Waals surface area contributed by atoms with Crippen molar-refractivity contribution in [3.63, 3.8) is 0 Å². The summed E-state index contributed by atoms with van der Waals surface area (Å²) in [6.45, 7) is 3.62. The Morgan fingerprint density at radius 1 is 1.20 bits per heavy atom. The average molecular weight is 199 g/mol. The molecule has 2 aromatic rings. The quantitative estimate of drug-likeness (QED) is 0.687. The second kappa shape index (κ2) is 3.70. The highest BCUT2D eigenvalue weighted by molar-refractivity contribution is 5.62. The van der Waals surface area contributed by atoms with Crippen LogP contribution in [0.1, 0.15) is 11.3 Å². The number of hydrogen-bond acceptors (Lipinski definition) is 1. The highest BCUT2D eigenvalue weighted by Crippen LogP contribution is 2.20. The molecule has 0 bridgehead atoms. The van der Waals surface area contributed by atoms with Gasteiger partial charge in [-0.2, -0.15) is 0 Å². The second-order valence-corrected chi connectivity index (χ2v) is 3.51. The van der Waals surface area contributed by atoms with Gasteiger partial charge in [0, 0.05) is 17.5 Å². The third kappa shape index (κ3) is 1.97. The monoisotopic (exact) mass is 199 g/mol. The predicted molar refractivity (Wildman–Crippen MR) is 56.8 cm³/mol. The molecule has 74 valence electrons. The standard InChI is InChI=1S/C13H10FN/c1-9-3-4-11(8-13(9)14)12-5-6-15-10(2)7-12/h3-4,7-8H,1-2H3. The number of halogens is 1. The second-order valence-electron chi connectivity index (χ2n) is 3.51. The van der Waals surface area contributed by atoms with Crippen molar-refractivity contribution in [2.45, 2.75) is 13.8 Å². The van der Waals surface area contributed by atoms with Crippen molar-refractivity contribution in [1.82, 2.24) is 4.98 Å². The Morgan fingerprint density at radius 2 is 2.00 bits per heavy atom. The van der Waals surface area contributed by atoms with Gasteiger partial charge in [-0.3, -0.25) is 0 Å². The molecule has 1 aromatic carbocycles. The van der Waals surface area contributed by atoms with E-state index in [1.807, 2.05) is 19.1 Å². The Hall–Kier alpha value is -1.88. The Kier molecular flexibility index (Phi) is 2.39. The van der Waals surface area contributed by atoms with Gasteiger partial charge in [-0.25, -0.2) is 9.37 Å². The smallest absolute Gasteiger partial charge is 0.126 e. The van der Waals surface area contributed by atoms with Crippen LogP contribution in [0, 0.1) is 31.9 Å². The van der Waals surface area contributed by atoms with Crippen LogP contribution in [0.25, 0.3) is 11.1 Å². The summed E-state index contributed by atoms with van der Waals surface area (Å²) in [5, 5.41) is 0. The van der Waals surface area contributed by atoms with Crippen LogP contribution in [0.15, 0.2) is 24.3 Å². The van der Waals surface area contributed by atoms with Gasteiger partial charge in [0.05, 0.1) is 0 Å². The highest BCUT2D eigenvalue weighted by atomic mass is 19.1. The van der Waals surface area contributed by atoms with E-state index < -0.39 is 0 Å². The first-order chi connectivity index (χ1) is 7.16. The van der Waals surface area contributed by atoms with E-state index in [4.69, 9.17) is 0 Å². The molecule has 0 aliphatic carbocycles. The van der Waals surface area contributed by atoms with E-state index in [1.54, 1.807) is 13.0 Å². The molecule has 0 fully saturated rings. The number of benzene rings is 1. The number of hydrogen-bond donors (Lipinski definition) is 0.